The average Bonchev–Trinajstić information content (AvgIpc) is 3.88. The second kappa shape index (κ2) is 10.9. The summed E-state index contributed by atoms with van der Waals surface area (Å²) in [5.41, 5.74) is 11.2. The van der Waals surface area contributed by atoms with Crippen molar-refractivity contribution >= 4 is 28.8 Å². The Morgan fingerprint density at radius 1 is 1.00 bits per heavy atom. The zero-order valence-electron chi connectivity index (χ0n) is 24.7. The fourth-order valence-corrected chi connectivity index (χ4v) is 6.42. The van der Waals surface area contributed by atoms with Crippen molar-refractivity contribution in [1.82, 2.24) is 51.1 Å². The van der Waals surface area contributed by atoms with Crippen molar-refractivity contribution in [3.63, 3.8) is 0 Å². The molecule has 234 valence electrons. The fourth-order valence-electron chi connectivity index (χ4n) is 6.42. The number of hydrogen-bond donors (Lipinski definition) is 4. The maximum Gasteiger partial charge on any atom is 0.270 e. The number of aryl methyl sites for hydroxylation is 1. The van der Waals surface area contributed by atoms with E-state index in [4.69, 9.17) is 5.73 Å². The highest BCUT2D eigenvalue weighted by atomic mass is 16.2. The van der Waals surface area contributed by atoms with Crippen molar-refractivity contribution in [3.05, 3.63) is 108 Å². The topological polar surface area (TPSA) is 219 Å². The van der Waals surface area contributed by atoms with Gasteiger partial charge in [0.05, 0.1) is 12.2 Å². The van der Waals surface area contributed by atoms with E-state index in [9.17, 15) is 19.2 Å². The van der Waals surface area contributed by atoms with Crippen molar-refractivity contribution in [2.45, 2.75) is 38.4 Å². The molecule has 0 fully saturated rings. The number of nitrogens with one attached hydrogen (secondary N) is 3. The van der Waals surface area contributed by atoms with Gasteiger partial charge < -0.3 is 21.3 Å². The third kappa shape index (κ3) is 4.86. The first-order valence-corrected chi connectivity index (χ1v) is 15.0. The van der Waals surface area contributed by atoms with E-state index in [1.807, 2.05) is 41.3 Å². The molecule has 47 heavy (non-hydrogen) atoms. The van der Waals surface area contributed by atoms with Crippen LogP contribution in [0, 0.1) is 0 Å². The molecule has 16 nitrogen and oxygen atoms in total. The summed E-state index contributed by atoms with van der Waals surface area (Å²) < 4.78 is 1.30. The molecular weight excluding hydrogens is 604 g/mol. The summed E-state index contributed by atoms with van der Waals surface area (Å²) in [6.07, 6.45) is 3.55. The second-order valence-electron chi connectivity index (χ2n) is 11.6. The second-order valence-corrected chi connectivity index (χ2v) is 11.6. The quantitative estimate of drug-likeness (QED) is 0.176. The lowest BCUT2D eigenvalue weighted by molar-refractivity contribution is 0.0928. The summed E-state index contributed by atoms with van der Waals surface area (Å²) in [4.78, 5) is 56.8. The molecule has 1 aliphatic carbocycles. The summed E-state index contributed by atoms with van der Waals surface area (Å²) in [5, 5.41) is 28.0. The monoisotopic (exact) mass is 630 g/mol. The third-order valence-electron chi connectivity index (χ3n) is 8.84. The predicted molar refractivity (Wildman–Crippen MR) is 167 cm³/mol. The number of carbonyl (C=O) groups excluding carboxylic acids is 2. The van der Waals surface area contributed by atoms with Crippen LogP contribution in [0.1, 0.15) is 61.3 Å². The highest BCUT2D eigenvalue weighted by molar-refractivity contribution is 5.98. The minimum atomic E-state index is -0.637. The van der Waals surface area contributed by atoms with Crippen molar-refractivity contribution in [2.75, 3.05) is 17.2 Å². The Bertz CT molecular complexity index is 2290. The normalized spacial score (nSPS) is 15.5. The molecule has 0 saturated carbocycles. The molecule has 3 aromatic heterocycles. The third-order valence-corrected chi connectivity index (χ3v) is 8.84. The SMILES string of the molecule is Nc1c(N2CCc3ccc(CNC(=O)c4cc(C(=O)N[C@H]5CCc6cc(-c7nn[nH]n7)ccc65)n5nncc5n4)cc3C2)c(=O)c1=O. The van der Waals surface area contributed by atoms with Gasteiger partial charge in [-0.15, -0.1) is 15.3 Å². The number of rotatable bonds is 7. The van der Waals surface area contributed by atoms with Gasteiger partial charge >= 0.3 is 0 Å². The number of hydrogen-bond acceptors (Lipinski definition) is 12. The first-order valence-electron chi connectivity index (χ1n) is 15.0. The van der Waals surface area contributed by atoms with Gasteiger partial charge in [0.1, 0.15) is 22.8 Å². The van der Waals surface area contributed by atoms with Crippen molar-refractivity contribution in [1.29, 1.82) is 0 Å². The zero-order chi connectivity index (χ0) is 32.2. The molecule has 3 aromatic carbocycles. The summed E-state index contributed by atoms with van der Waals surface area (Å²) in [5.74, 6) is -0.393. The number of nitrogen functional groups attached to an aromatic ring is 1. The predicted octanol–water partition coefficient (Wildman–Crippen LogP) is 0.393. The van der Waals surface area contributed by atoms with Crippen LogP contribution in [0.3, 0.4) is 0 Å². The number of H-pyrrole nitrogens is 1. The first-order chi connectivity index (χ1) is 22.8. The number of anilines is 2. The number of aromatic nitrogens is 8. The highest BCUT2D eigenvalue weighted by Gasteiger charge is 2.28. The van der Waals surface area contributed by atoms with E-state index < -0.39 is 22.7 Å². The molecule has 0 saturated heterocycles. The first kappa shape index (κ1) is 28.2. The van der Waals surface area contributed by atoms with Gasteiger partial charge in [0.15, 0.2) is 5.65 Å². The lowest BCUT2D eigenvalue weighted by Gasteiger charge is -2.32. The van der Waals surface area contributed by atoms with Gasteiger partial charge in [-0.3, -0.25) is 19.2 Å². The number of amides is 2. The van der Waals surface area contributed by atoms with Crippen LogP contribution >= 0.6 is 0 Å². The number of nitrogens with zero attached hydrogens (tertiary/aromatic N) is 8. The van der Waals surface area contributed by atoms with Crippen LogP contribution in [0.5, 0.6) is 0 Å². The molecule has 5 N–H and O–H groups in total. The molecule has 6 aromatic rings. The molecule has 0 spiro atoms. The molecule has 2 aliphatic rings. The Morgan fingerprint density at radius 3 is 2.72 bits per heavy atom. The van der Waals surface area contributed by atoms with Crippen LogP contribution in [-0.4, -0.2) is 58.8 Å². The largest absolute Gasteiger partial charge is 0.394 e. The van der Waals surface area contributed by atoms with E-state index in [1.165, 1.54) is 16.8 Å². The highest BCUT2D eigenvalue weighted by Crippen LogP contribution is 2.34. The summed E-state index contributed by atoms with van der Waals surface area (Å²) >= 11 is 0. The Morgan fingerprint density at radius 2 is 1.89 bits per heavy atom. The van der Waals surface area contributed by atoms with Gasteiger partial charge in [-0.05, 0) is 58.4 Å². The smallest absolute Gasteiger partial charge is 0.270 e. The number of carbonyl (C=O) groups is 2. The molecule has 16 heteroatoms. The van der Waals surface area contributed by atoms with Crippen molar-refractivity contribution < 1.29 is 9.59 Å². The van der Waals surface area contributed by atoms with Gasteiger partial charge in [0.25, 0.3) is 22.7 Å². The van der Waals surface area contributed by atoms with Crippen molar-refractivity contribution in [2.24, 2.45) is 0 Å². The van der Waals surface area contributed by atoms with Crippen LogP contribution in [0.2, 0.25) is 0 Å². The van der Waals surface area contributed by atoms with Crippen LogP contribution in [0.4, 0.5) is 11.4 Å². The fraction of sp³-hybridized carbons (Fsp3) is 0.226. The van der Waals surface area contributed by atoms with Crippen molar-refractivity contribution in [3.8, 4) is 11.4 Å². The number of tetrazole rings is 1. The Balaban J connectivity index is 0.972. The molecule has 0 bridgehead atoms. The van der Waals surface area contributed by atoms with E-state index in [1.54, 1.807) is 0 Å². The molecule has 0 radical (unpaired) electrons. The molecule has 1 atom stereocenters. The van der Waals surface area contributed by atoms with Gasteiger partial charge in [-0.1, -0.05) is 35.5 Å². The summed E-state index contributed by atoms with van der Waals surface area (Å²) in [6.45, 7) is 1.22. The van der Waals surface area contributed by atoms with E-state index in [0.29, 0.717) is 31.8 Å². The maximum absolute atomic E-state index is 13.6. The van der Waals surface area contributed by atoms with Crippen LogP contribution in [0.15, 0.2) is 58.3 Å². The zero-order valence-corrected chi connectivity index (χ0v) is 24.7. The minimum absolute atomic E-state index is 0.0105. The van der Waals surface area contributed by atoms with Gasteiger partial charge in [-0.2, -0.15) is 9.73 Å². The molecule has 2 amide bonds. The van der Waals surface area contributed by atoms with E-state index >= 15 is 0 Å². The molecular formula is C31H26N12O4. The Hall–Kier alpha value is -6.32. The Labute approximate surface area is 264 Å². The van der Waals surface area contributed by atoms with E-state index in [2.05, 4.69) is 46.6 Å². The Kier molecular flexibility index (Phi) is 6.56. The molecule has 1 aliphatic heterocycles. The van der Waals surface area contributed by atoms with E-state index in [0.717, 1.165) is 39.8 Å². The number of benzene rings is 2. The standard InChI is InChI=1S/C31H26N12O4/c32-25-26(28(45)27(25)44)42-8-7-16-2-1-15(9-19(16)14-42)12-33-30(46)22-11-23(43-24(35-22)13-34-41-43)31(47)36-21-6-4-17-10-18(3-5-20(17)21)29-37-39-40-38-29/h1-3,5,9-11,13,21H,4,6-8,12,14,32H2,(H,33,46)(H,36,47)(H,37,38,39,40)/t21-/m0/s1. The number of aromatic amines is 1. The summed E-state index contributed by atoms with van der Waals surface area (Å²) in [7, 11) is 0. The van der Waals surface area contributed by atoms with Crippen LogP contribution in [0.25, 0.3) is 17.0 Å². The summed E-state index contributed by atoms with van der Waals surface area (Å²) in [6, 6.07) is 12.9. The minimum Gasteiger partial charge on any atom is -0.394 e. The van der Waals surface area contributed by atoms with Gasteiger partial charge in [0, 0.05) is 31.3 Å². The van der Waals surface area contributed by atoms with E-state index in [-0.39, 0.29) is 41.0 Å². The average molecular weight is 631 g/mol. The van der Waals surface area contributed by atoms with Crippen LogP contribution in [-0.2, 0) is 25.9 Å². The maximum atomic E-state index is 13.6. The lowest BCUT2D eigenvalue weighted by atomic mass is 9.96. The van der Waals surface area contributed by atoms with Crippen LogP contribution < -0.4 is 32.1 Å². The number of nitrogens with two attached hydrogens (primary N) is 1. The molecule has 8 rings (SSSR count). The molecule has 0 unspecified atom stereocenters. The molecule has 4 heterocycles. The van der Waals surface area contributed by atoms with Gasteiger partial charge in [-0.25, -0.2) is 4.98 Å². The lowest BCUT2D eigenvalue weighted by Crippen LogP contribution is -2.44. The number of fused-ring (bicyclic) bond motifs is 3. The van der Waals surface area contributed by atoms with Gasteiger partial charge in [0.2, 0.25) is 5.82 Å².